The highest BCUT2D eigenvalue weighted by Crippen LogP contribution is 2.20. The maximum absolute atomic E-state index is 12.6. The van der Waals surface area contributed by atoms with Gasteiger partial charge in [0.25, 0.3) is 5.91 Å². The van der Waals surface area contributed by atoms with E-state index >= 15 is 0 Å². The summed E-state index contributed by atoms with van der Waals surface area (Å²) in [6.07, 6.45) is 3.06. The molecule has 1 fully saturated rings. The quantitative estimate of drug-likeness (QED) is 0.811. The summed E-state index contributed by atoms with van der Waals surface area (Å²) >= 11 is 0. The monoisotopic (exact) mass is 327 g/mol. The Labute approximate surface area is 141 Å². The number of methoxy groups -OCH3 is 1. The molecule has 0 N–H and O–H groups in total. The number of aromatic nitrogens is 2. The van der Waals surface area contributed by atoms with Crippen LogP contribution < -0.4 is 0 Å². The molecule has 1 saturated heterocycles. The van der Waals surface area contributed by atoms with Crippen molar-refractivity contribution in [2.45, 2.75) is 19.8 Å². The molecule has 0 atom stereocenters. The molecule has 1 aromatic heterocycles. The number of esters is 1. The van der Waals surface area contributed by atoms with Gasteiger partial charge in [-0.25, -0.2) is 4.68 Å². The van der Waals surface area contributed by atoms with Crippen molar-refractivity contribution < 1.29 is 14.3 Å². The lowest BCUT2D eigenvalue weighted by Gasteiger charge is -2.30. The lowest BCUT2D eigenvalue weighted by molar-refractivity contribution is -0.146. The van der Waals surface area contributed by atoms with E-state index in [4.69, 9.17) is 4.74 Å². The smallest absolute Gasteiger partial charge is 0.308 e. The molecule has 0 unspecified atom stereocenters. The molecule has 2 heterocycles. The van der Waals surface area contributed by atoms with Crippen LogP contribution in [0.15, 0.2) is 36.5 Å². The first-order valence-electron chi connectivity index (χ1n) is 8.08. The van der Waals surface area contributed by atoms with Gasteiger partial charge in [-0.2, -0.15) is 5.10 Å². The number of carbonyl (C=O) groups is 2. The van der Waals surface area contributed by atoms with Crippen LogP contribution in [0.3, 0.4) is 0 Å². The second-order valence-corrected chi connectivity index (χ2v) is 6.02. The molecule has 0 bridgehead atoms. The number of aryl methyl sites for hydroxylation is 1. The van der Waals surface area contributed by atoms with Crippen LogP contribution in [0.1, 0.15) is 28.9 Å². The van der Waals surface area contributed by atoms with Crippen LogP contribution in [0.4, 0.5) is 0 Å². The van der Waals surface area contributed by atoms with Crippen LogP contribution in [-0.4, -0.2) is 46.8 Å². The highest BCUT2D eigenvalue weighted by molar-refractivity contribution is 5.94. The number of rotatable bonds is 3. The number of amides is 1. The van der Waals surface area contributed by atoms with Gasteiger partial charge in [0, 0.05) is 30.5 Å². The Morgan fingerprint density at radius 1 is 1.12 bits per heavy atom. The average molecular weight is 327 g/mol. The first kappa shape index (κ1) is 16.2. The normalized spacial score (nSPS) is 15.3. The Balaban J connectivity index is 1.66. The number of benzene rings is 1. The molecule has 24 heavy (non-hydrogen) atoms. The zero-order valence-electron chi connectivity index (χ0n) is 13.9. The maximum atomic E-state index is 12.6. The predicted molar refractivity (Wildman–Crippen MR) is 88.9 cm³/mol. The van der Waals surface area contributed by atoms with Crippen molar-refractivity contribution in [1.29, 1.82) is 0 Å². The van der Waals surface area contributed by atoms with Gasteiger partial charge in [0.05, 0.1) is 18.7 Å². The zero-order chi connectivity index (χ0) is 17.1. The molecule has 2 aromatic rings. The van der Waals surface area contributed by atoms with Crippen molar-refractivity contribution in [3.63, 3.8) is 0 Å². The van der Waals surface area contributed by atoms with Gasteiger partial charge in [0.2, 0.25) is 0 Å². The molecule has 3 rings (SSSR count). The fourth-order valence-corrected chi connectivity index (χ4v) is 3.05. The topological polar surface area (TPSA) is 64.4 Å². The predicted octanol–water partition coefficient (Wildman–Crippen LogP) is 2.21. The molecule has 6 nitrogen and oxygen atoms in total. The van der Waals surface area contributed by atoms with Crippen LogP contribution in [0.2, 0.25) is 0 Å². The lowest BCUT2D eigenvalue weighted by Crippen LogP contribution is -2.40. The Kier molecular flexibility index (Phi) is 4.64. The summed E-state index contributed by atoms with van der Waals surface area (Å²) < 4.78 is 6.61. The average Bonchev–Trinajstić information content (AvgIpc) is 3.06. The fourth-order valence-electron chi connectivity index (χ4n) is 3.05. The van der Waals surface area contributed by atoms with Crippen LogP contribution in [0, 0.1) is 12.8 Å². The zero-order valence-corrected chi connectivity index (χ0v) is 13.9. The minimum atomic E-state index is -0.180. The van der Waals surface area contributed by atoms with Crippen molar-refractivity contribution in [2.24, 2.45) is 5.92 Å². The molecule has 0 aliphatic carbocycles. The van der Waals surface area contributed by atoms with Gasteiger partial charge < -0.3 is 9.64 Å². The summed E-state index contributed by atoms with van der Waals surface area (Å²) in [6, 6.07) is 9.38. The van der Waals surface area contributed by atoms with E-state index in [1.807, 2.05) is 41.9 Å². The molecular weight excluding hydrogens is 306 g/mol. The molecule has 1 aliphatic rings. The fraction of sp³-hybridized carbons (Fsp3) is 0.389. The third-order valence-corrected chi connectivity index (χ3v) is 4.51. The highest BCUT2D eigenvalue weighted by Gasteiger charge is 2.28. The molecular formula is C18H21N3O3. The SMILES string of the molecule is COC(=O)C1CCN(C(=O)c2ccc(-n3nccc3C)cc2)CC1. The van der Waals surface area contributed by atoms with Crippen molar-refractivity contribution in [1.82, 2.24) is 14.7 Å². The lowest BCUT2D eigenvalue weighted by atomic mass is 9.96. The first-order chi connectivity index (χ1) is 11.6. The van der Waals surface area contributed by atoms with Gasteiger partial charge >= 0.3 is 5.97 Å². The number of nitrogens with zero attached hydrogens (tertiary/aromatic N) is 3. The number of likely N-dealkylation sites (tertiary alicyclic amines) is 1. The Morgan fingerprint density at radius 2 is 1.79 bits per heavy atom. The van der Waals surface area contributed by atoms with Crippen molar-refractivity contribution in [2.75, 3.05) is 20.2 Å². The van der Waals surface area contributed by atoms with E-state index in [0.29, 0.717) is 31.5 Å². The molecule has 126 valence electrons. The second kappa shape index (κ2) is 6.86. The summed E-state index contributed by atoms with van der Waals surface area (Å²) in [4.78, 5) is 26.0. The number of hydrogen-bond donors (Lipinski definition) is 0. The van der Waals surface area contributed by atoms with Crippen molar-refractivity contribution in [3.8, 4) is 5.69 Å². The van der Waals surface area contributed by atoms with E-state index in [0.717, 1.165) is 11.4 Å². The Bertz CT molecular complexity index is 728. The highest BCUT2D eigenvalue weighted by atomic mass is 16.5. The molecule has 0 spiro atoms. The summed E-state index contributed by atoms with van der Waals surface area (Å²) in [6.45, 7) is 3.15. The molecule has 6 heteroatoms. The third kappa shape index (κ3) is 3.18. The third-order valence-electron chi connectivity index (χ3n) is 4.51. The van der Waals surface area contributed by atoms with E-state index < -0.39 is 0 Å². The first-order valence-corrected chi connectivity index (χ1v) is 8.08. The van der Waals surface area contributed by atoms with Gasteiger partial charge in [-0.1, -0.05) is 0 Å². The van der Waals surface area contributed by atoms with Crippen LogP contribution in [0.5, 0.6) is 0 Å². The number of hydrogen-bond acceptors (Lipinski definition) is 4. The molecule has 1 amide bonds. The van der Waals surface area contributed by atoms with Gasteiger partial charge in [-0.05, 0) is 50.1 Å². The minimum absolute atomic E-state index is 0.00190. The number of ether oxygens (including phenoxy) is 1. The largest absolute Gasteiger partial charge is 0.469 e. The van der Waals surface area contributed by atoms with Crippen molar-refractivity contribution >= 4 is 11.9 Å². The van der Waals surface area contributed by atoms with Crippen molar-refractivity contribution in [3.05, 3.63) is 47.8 Å². The molecule has 1 aromatic carbocycles. The summed E-state index contributed by atoms with van der Waals surface area (Å²) in [5, 5.41) is 4.26. The summed E-state index contributed by atoms with van der Waals surface area (Å²) in [5.41, 5.74) is 2.62. The van der Waals surface area contributed by atoms with Crippen LogP contribution >= 0.6 is 0 Å². The molecule has 1 aliphatic heterocycles. The standard InChI is InChI=1S/C18H21N3O3/c1-13-7-10-19-21(13)16-5-3-14(4-6-16)17(22)20-11-8-15(9-12-20)18(23)24-2/h3-7,10,15H,8-9,11-12H2,1-2H3. The van der Waals surface area contributed by atoms with Crippen LogP contribution in [-0.2, 0) is 9.53 Å². The van der Waals surface area contributed by atoms with Gasteiger partial charge in [-0.3, -0.25) is 9.59 Å². The molecule has 0 radical (unpaired) electrons. The summed E-state index contributed by atoms with van der Waals surface area (Å²) in [5.74, 6) is -0.271. The van der Waals surface area contributed by atoms with Gasteiger partial charge in [0.15, 0.2) is 0 Å². The Morgan fingerprint density at radius 3 is 2.33 bits per heavy atom. The summed E-state index contributed by atoms with van der Waals surface area (Å²) in [7, 11) is 1.41. The van der Waals surface area contributed by atoms with E-state index in [-0.39, 0.29) is 17.8 Å². The molecule has 0 saturated carbocycles. The van der Waals surface area contributed by atoms with E-state index in [9.17, 15) is 9.59 Å². The number of piperidine rings is 1. The van der Waals surface area contributed by atoms with E-state index in [2.05, 4.69) is 5.10 Å². The van der Waals surface area contributed by atoms with E-state index in [1.165, 1.54) is 7.11 Å². The number of carbonyl (C=O) groups excluding carboxylic acids is 2. The van der Waals surface area contributed by atoms with E-state index in [1.54, 1.807) is 11.1 Å². The Hall–Kier alpha value is -2.63. The second-order valence-electron chi connectivity index (χ2n) is 6.02. The minimum Gasteiger partial charge on any atom is -0.469 e. The van der Waals surface area contributed by atoms with Gasteiger partial charge in [0.1, 0.15) is 0 Å². The van der Waals surface area contributed by atoms with Crippen LogP contribution in [0.25, 0.3) is 5.69 Å². The maximum Gasteiger partial charge on any atom is 0.308 e. The van der Waals surface area contributed by atoms with Gasteiger partial charge in [-0.15, -0.1) is 0 Å².